The summed E-state index contributed by atoms with van der Waals surface area (Å²) in [5, 5.41) is 15.9. The molecule has 3 heterocycles. The molecule has 0 spiro atoms. The van der Waals surface area contributed by atoms with Crippen molar-refractivity contribution >= 4 is 34.0 Å². The zero-order valence-corrected chi connectivity index (χ0v) is 11.6. The lowest BCUT2D eigenvalue weighted by molar-refractivity contribution is 0.0702. The standard InChI is InChI=1S/C12H9N5O3S/c1-6-4-5-13-12-15-9(16-17(6)12)10(18)14-8-3-2-7(21-8)11(19)20/h2-5H,1H3,(H,14,18)(H,19,20). The average Bonchev–Trinajstić information content (AvgIpc) is 3.05. The molecule has 0 saturated heterocycles. The maximum atomic E-state index is 12.1. The fraction of sp³-hybridized carbons (Fsp3) is 0.0833. The molecule has 0 aliphatic rings. The van der Waals surface area contributed by atoms with Gasteiger partial charge in [-0.3, -0.25) is 4.79 Å². The summed E-state index contributed by atoms with van der Waals surface area (Å²) >= 11 is 0.965. The number of aromatic carboxylic acids is 1. The molecule has 3 aromatic rings. The third-order valence-corrected chi connectivity index (χ3v) is 3.68. The van der Waals surface area contributed by atoms with E-state index in [4.69, 9.17) is 5.11 Å². The van der Waals surface area contributed by atoms with Gasteiger partial charge in [0.15, 0.2) is 0 Å². The molecule has 106 valence electrons. The van der Waals surface area contributed by atoms with E-state index in [0.717, 1.165) is 17.0 Å². The first-order chi connectivity index (χ1) is 10.0. The highest BCUT2D eigenvalue weighted by Crippen LogP contribution is 2.22. The number of carboxylic acid groups (broad SMARTS) is 1. The van der Waals surface area contributed by atoms with Gasteiger partial charge in [-0.2, -0.15) is 4.98 Å². The van der Waals surface area contributed by atoms with Crippen LogP contribution in [0.15, 0.2) is 24.4 Å². The van der Waals surface area contributed by atoms with Crippen LogP contribution in [0.3, 0.4) is 0 Å². The zero-order chi connectivity index (χ0) is 15.0. The van der Waals surface area contributed by atoms with Gasteiger partial charge < -0.3 is 10.4 Å². The molecule has 0 saturated carbocycles. The van der Waals surface area contributed by atoms with Crippen LogP contribution in [0.4, 0.5) is 5.00 Å². The summed E-state index contributed by atoms with van der Waals surface area (Å²) in [6, 6.07) is 4.69. The summed E-state index contributed by atoms with van der Waals surface area (Å²) in [5.41, 5.74) is 0.802. The number of carbonyl (C=O) groups excluding carboxylic acids is 1. The number of anilines is 1. The van der Waals surface area contributed by atoms with Gasteiger partial charge in [0.2, 0.25) is 5.82 Å². The van der Waals surface area contributed by atoms with Crippen LogP contribution in [-0.2, 0) is 0 Å². The first-order valence-corrected chi connectivity index (χ1v) is 6.69. The van der Waals surface area contributed by atoms with Crippen molar-refractivity contribution in [3.05, 3.63) is 40.8 Å². The predicted octanol–water partition coefficient (Wildman–Crippen LogP) is 1.44. The molecule has 0 atom stereocenters. The Morgan fingerprint density at radius 3 is 2.81 bits per heavy atom. The monoisotopic (exact) mass is 303 g/mol. The second kappa shape index (κ2) is 4.94. The van der Waals surface area contributed by atoms with Gasteiger partial charge in [-0.1, -0.05) is 0 Å². The number of rotatable bonds is 3. The number of fused-ring (bicyclic) bond motifs is 1. The largest absolute Gasteiger partial charge is 0.477 e. The summed E-state index contributed by atoms with van der Waals surface area (Å²) < 4.78 is 1.46. The van der Waals surface area contributed by atoms with Crippen molar-refractivity contribution in [2.45, 2.75) is 6.92 Å². The lowest BCUT2D eigenvalue weighted by Crippen LogP contribution is -2.13. The van der Waals surface area contributed by atoms with E-state index in [1.54, 1.807) is 12.3 Å². The minimum Gasteiger partial charge on any atom is -0.477 e. The number of carbonyl (C=O) groups is 2. The van der Waals surface area contributed by atoms with Gasteiger partial charge in [0.1, 0.15) is 4.88 Å². The number of nitrogens with one attached hydrogen (secondary N) is 1. The van der Waals surface area contributed by atoms with Gasteiger partial charge in [-0.25, -0.2) is 14.3 Å². The number of aromatic nitrogens is 4. The molecule has 0 radical (unpaired) electrons. The van der Waals surface area contributed by atoms with E-state index in [9.17, 15) is 9.59 Å². The summed E-state index contributed by atoms with van der Waals surface area (Å²) in [6.07, 6.45) is 1.58. The van der Waals surface area contributed by atoms with Crippen LogP contribution < -0.4 is 5.32 Å². The molecule has 0 unspecified atom stereocenters. The van der Waals surface area contributed by atoms with Crippen LogP contribution in [0.25, 0.3) is 5.78 Å². The van der Waals surface area contributed by atoms with Gasteiger partial charge in [-0.05, 0) is 25.1 Å². The number of nitrogens with zero attached hydrogens (tertiary/aromatic N) is 4. The Morgan fingerprint density at radius 2 is 2.14 bits per heavy atom. The molecular formula is C12H9N5O3S. The van der Waals surface area contributed by atoms with E-state index < -0.39 is 11.9 Å². The van der Waals surface area contributed by atoms with Gasteiger partial charge >= 0.3 is 5.97 Å². The van der Waals surface area contributed by atoms with Crippen molar-refractivity contribution in [3.63, 3.8) is 0 Å². The van der Waals surface area contributed by atoms with Gasteiger partial charge in [0, 0.05) is 11.9 Å². The number of hydrogen-bond acceptors (Lipinski definition) is 6. The van der Waals surface area contributed by atoms with Crippen LogP contribution in [0, 0.1) is 6.92 Å². The molecular weight excluding hydrogens is 294 g/mol. The molecule has 21 heavy (non-hydrogen) atoms. The highest BCUT2D eigenvalue weighted by atomic mass is 32.1. The fourth-order valence-corrected chi connectivity index (χ4v) is 2.43. The van der Waals surface area contributed by atoms with Crippen LogP contribution in [0.2, 0.25) is 0 Å². The van der Waals surface area contributed by atoms with Crippen LogP contribution in [0.1, 0.15) is 26.0 Å². The normalized spacial score (nSPS) is 10.7. The quantitative estimate of drug-likeness (QED) is 0.757. The number of carboxylic acids is 1. The van der Waals surface area contributed by atoms with Crippen molar-refractivity contribution in [3.8, 4) is 0 Å². The molecule has 3 rings (SSSR count). The molecule has 0 aliphatic heterocycles. The van der Waals surface area contributed by atoms with Crippen LogP contribution in [0.5, 0.6) is 0 Å². The van der Waals surface area contributed by atoms with E-state index in [2.05, 4.69) is 20.4 Å². The second-order valence-electron chi connectivity index (χ2n) is 4.16. The van der Waals surface area contributed by atoms with Crippen LogP contribution in [-0.4, -0.2) is 36.6 Å². The van der Waals surface area contributed by atoms with E-state index in [-0.39, 0.29) is 10.7 Å². The summed E-state index contributed by atoms with van der Waals surface area (Å²) in [4.78, 5) is 31.0. The topological polar surface area (TPSA) is 109 Å². The first kappa shape index (κ1) is 13.2. The lowest BCUT2D eigenvalue weighted by atomic mass is 10.4. The van der Waals surface area contributed by atoms with Crippen molar-refractivity contribution in [2.75, 3.05) is 5.32 Å². The Labute approximate surface area is 122 Å². The third-order valence-electron chi connectivity index (χ3n) is 2.69. The van der Waals surface area contributed by atoms with Crippen molar-refractivity contribution in [1.29, 1.82) is 0 Å². The Hall–Kier alpha value is -2.81. The molecule has 2 N–H and O–H groups in total. The zero-order valence-electron chi connectivity index (χ0n) is 10.8. The van der Waals surface area contributed by atoms with E-state index >= 15 is 0 Å². The molecule has 8 nitrogen and oxygen atoms in total. The number of amides is 1. The van der Waals surface area contributed by atoms with E-state index in [1.807, 2.05) is 6.92 Å². The Morgan fingerprint density at radius 1 is 1.33 bits per heavy atom. The Balaban J connectivity index is 1.86. The number of thiophene rings is 1. The van der Waals surface area contributed by atoms with Gasteiger partial charge in [0.05, 0.1) is 5.00 Å². The number of hydrogen-bond donors (Lipinski definition) is 2. The fourth-order valence-electron chi connectivity index (χ4n) is 1.69. The molecule has 0 aromatic carbocycles. The molecule has 1 amide bonds. The van der Waals surface area contributed by atoms with Crippen LogP contribution >= 0.6 is 11.3 Å². The smallest absolute Gasteiger partial charge is 0.345 e. The van der Waals surface area contributed by atoms with Gasteiger partial charge in [0.25, 0.3) is 11.7 Å². The summed E-state index contributed by atoms with van der Waals surface area (Å²) in [6.45, 7) is 1.82. The highest BCUT2D eigenvalue weighted by molar-refractivity contribution is 7.18. The van der Waals surface area contributed by atoms with E-state index in [0.29, 0.717) is 10.8 Å². The minimum atomic E-state index is -1.04. The predicted molar refractivity (Wildman–Crippen MR) is 74.8 cm³/mol. The summed E-state index contributed by atoms with van der Waals surface area (Å²) in [5.74, 6) is -1.25. The van der Waals surface area contributed by atoms with Gasteiger partial charge in [-0.15, -0.1) is 16.4 Å². The molecule has 0 fully saturated rings. The maximum absolute atomic E-state index is 12.1. The van der Waals surface area contributed by atoms with Crippen molar-refractivity contribution < 1.29 is 14.7 Å². The molecule has 0 aliphatic carbocycles. The molecule has 3 aromatic heterocycles. The SMILES string of the molecule is Cc1ccnc2nc(C(=O)Nc3ccc(C(=O)O)s3)nn12. The lowest BCUT2D eigenvalue weighted by Gasteiger charge is -1.96. The van der Waals surface area contributed by atoms with E-state index in [1.165, 1.54) is 16.6 Å². The number of aryl methyl sites for hydroxylation is 1. The second-order valence-corrected chi connectivity index (χ2v) is 5.24. The Bertz CT molecular complexity index is 854. The average molecular weight is 303 g/mol. The first-order valence-electron chi connectivity index (χ1n) is 5.87. The Kier molecular flexibility index (Phi) is 3.10. The molecule has 0 bridgehead atoms. The molecule has 9 heteroatoms. The van der Waals surface area contributed by atoms with Crippen molar-refractivity contribution in [1.82, 2.24) is 19.6 Å². The third kappa shape index (κ3) is 2.46. The van der Waals surface area contributed by atoms with Crippen molar-refractivity contribution in [2.24, 2.45) is 0 Å². The highest BCUT2D eigenvalue weighted by Gasteiger charge is 2.16. The maximum Gasteiger partial charge on any atom is 0.345 e. The minimum absolute atomic E-state index is 0.0259. The summed E-state index contributed by atoms with van der Waals surface area (Å²) in [7, 11) is 0.